The molecule has 0 radical (unpaired) electrons. The zero-order valence-electron chi connectivity index (χ0n) is 17.6. The van der Waals surface area contributed by atoms with Gasteiger partial charge in [0.15, 0.2) is 0 Å². The molecule has 4 rings (SSSR count). The van der Waals surface area contributed by atoms with Crippen LogP contribution in [0.15, 0.2) is 24.3 Å². The third kappa shape index (κ3) is 4.81. The molecule has 1 aromatic rings. The summed E-state index contributed by atoms with van der Waals surface area (Å²) in [7, 11) is 0. The number of hydrogen-bond donors (Lipinski definition) is 1. The lowest BCUT2D eigenvalue weighted by molar-refractivity contribution is -0.139. The Labute approximate surface area is 173 Å². The third-order valence-corrected chi connectivity index (χ3v) is 6.74. The van der Waals surface area contributed by atoms with Gasteiger partial charge in [-0.25, -0.2) is 0 Å². The number of fused-ring (bicyclic) bond motifs is 1. The molecular formula is C23H34N2O4. The van der Waals surface area contributed by atoms with E-state index in [4.69, 9.17) is 14.6 Å². The van der Waals surface area contributed by atoms with Crippen molar-refractivity contribution in [3.05, 3.63) is 35.4 Å². The second-order valence-corrected chi connectivity index (χ2v) is 8.41. The van der Waals surface area contributed by atoms with Crippen molar-refractivity contribution >= 4 is 12.4 Å². The quantitative estimate of drug-likeness (QED) is 0.585. The normalized spacial score (nSPS) is 26.4. The van der Waals surface area contributed by atoms with Gasteiger partial charge in [-0.3, -0.25) is 9.59 Å². The standard InChI is InChI=1S/C22H32N2O2.CH2O2/c1-3-26-12-11-23-13-18-14-24(22(25)17-8-6-9-17)21(20(18)15-23)19-10-5-4-7-16(19)2;2-1-3/h4-5,7,10,17-18,20-21H,3,6,8-9,11-15H2,1-2H3;1H,(H,2,3)/t18-,20-,21+;/m0./s1. The van der Waals surface area contributed by atoms with E-state index >= 15 is 0 Å². The van der Waals surface area contributed by atoms with Crippen LogP contribution in [-0.2, 0) is 14.3 Å². The third-order valence-electron chi connectivity index (χ3n) is 6.74. The molecule has 1 aromatic carbocycles. The first-order valence-corrected chi connectivity index (χ1v) is 10.8. The molecule has 2 aliphatic heterocycles. The highest BCUT2D eigenvalue weighted by Gasteiger charge is 2.50. The summed E-state index contributed by atoms with van der Waals surface area (Å²) in [6, 6.07) is 8.92. The molecule has 1 amide bonds. The van der Waals surface area contributed by atoms with Gasteiger partial charge in [0.25, 0.3) is 6.47 Å². The van der Waals surface area contributed by atoms with Crippen LogP contribution < -0.4 is 0 Å². The van der Waals surface area contributed by atoms with E-state index in [1.165, 1.54) is 17.5 Å². The van der Waals surface area contributed by atoms with Crippen LogP contribution in [0.25, 0.3) is 0 Å². The predicted molar refractivity (Wildman–Crippen MR) is 112 cm³/mol. The molecule has 3 fully saturated rings. The van der Waals surface area contributed by atoms with Crippen molar-refractivity contribution in [1.82, 2.24) is 9.80 Å². The van der Waals surface area contributed by atoms with Gasteiger partial charge in [-0.2, -0.15) is 0 Å². The highest BCUT2D eigenvalue weighted by Crippen LogP contribution is 2.47. The fourth-order valence-electron chi connectivity index (χ4n) is 5.09. The topological polar surface area (TPSA) is 70.1 Å². The van der Waals surface area contributed by atoms with E-state index in [0.29, 0.717) is 17.7 Å². The first kappa shape index (κ1) is 21.8. The number of carbonyl (C=O) groups excluding carboxylic acids is 1. The van der Waals surface area contributed by atoms with Crippen LogP contribution in [-0.4, -0.2) is 66.7 Å². The molecule has 0 spiro atoms. The Hall–Kier alpha value is -1.92. The summed E-state index contributed by atoms with van der Waals surface area (Å²) in [4.78, 5) is 26.3. The smallest absolute Gasteiger partial charge is 0.290 e. The van der Waals surface area contributed by atoms with Crippen molar-refractivity contribution < 1.29 is 19.4 Å². The van der Waals surface area contributed by atoms with Gasteiger partial charge in [-0.1, -0.05) is 30.7 Å². The molecule has 160 valence electrons. The van der Waals surface area contributed by atoms with E-state index in [-0.39, 0.29) is 18.4 Å². The summed E-state index contributed by atoms with van der Waals surface area (Å²) in [5, 5.41) is 6.89. The zero-order chi connectivity index (χ0) is 20.8. The average molecular weight is 403 g/mol. The second kappa shape index (κ2) is 10.2. The molecule has 1 N–H and O–H groups in total. The Kier molecular flexibility index (Phi) is 7.67. The SMILES string of the molecule is CCOCCN1C[C@H]2CN(C(=O)C3CCC3)[C@H](c3ccccc3C)[C@H]2C1.O=CO. The van der Waals surface area contributed by atoms with E-state index in [1.54, 1.807) is 0 Å². The highest BCUT2D eigenvalue weighted by molar-refractivity contribution is 5.80. The van der Waals surface area contributed by atoms with Crippen LogP contribution in [0.3, 0.4) is 0 Å². The van der Waals surface area contributed by atoms with Gasteiger partial charge in [-0.15, -0.1) is 0 Å². The lowest BCUT2D eigenvalue weighted by Crippen LogP contribution is -2.41. The van der Waals surface area contributed by atoms with Crippen molar-refractivity contribution in [3.8, 4) is 0 Å². The van der Waals surface area contributed by atoms with Crippen LogP contribution >= 0.6 is 0 Å². The Bertz CT molecular complexity index is 691. The number of amides is 1. The Morgan fingerprint density at radius 2 is 1.97 bits per heavy atom. The number of ether oxygens (including phenoxy) is 1. The van der Waals surface area contributed by atoms with E-state index in [1.807, 2.05) is 0 Å². The number of hydrogen-bond acceptors (Lipinski definition) is 4. The molecule has 0 unspecified atom stereocenters. The molecule has 0 aromatic heterocycles. The summed E-state index contributed by atoms with van der Waals surface area (Å²) in [5.74, 6) is 1.86. The number of nitrogens with zero attached hydrogens (tertiary/aromatic N) is 2. The van der Waals surface area contributed by atoms with Crippen molar-refractivity contribution in [1.29, 1.82) is 0 Å². The van der Waals surface area contributed by atoms with E-state index in [2.05, 4.69) is 47.9 Å². The van der Waals surface area contributed by atoms with Crippen molar-refractivity contribution in [2.24, 2.45) is 17.8 Å². The molecule has 2 heterocycles. The fraction of sp³-hybridized carbons (Fsp3) is 0.652. The summed E-state index contributed by atoms with van der Waals surface area (Å²) >= 11 is 0. The molecule has 3 atom stereocenters. The van der Waals surface area contributed by atoms with Crippen LogP contribution in [0.4, 0.5) is 0 Å². The maximum absolute atomic E-state index is 13.1. The number of benzene rings is 1. The summed E-state index contributed by atoms with van der Waals surface area (Å²) in [6.07, 6.45) is 3.40. The predicted octanol–water partition coefficient (Wildman–Crippen LogP) is 2.96. The summed E-state index contributed by atoms with van der Waals surface area (Å²) in [6.45, 7) is 9.74. The molecule has 6 nitrogen and oxygen atoms in total. The van der Waals surface area contributed by atoms with Gasteiger partial charge in [0.05, 0.1) is 12.6 Å². The van der Waals surface area contributed by atoms with Crippen LogP contribution in [0.5, 0.6) is 0 Å². The summed E-state index contributed by atoms with van der Waals surface area (Å²) < 4.78 is 5.55. The molecule has 1 saturated carbocycles. The van der Waals surface area contributed by atoms with Gasteiger partial charge in [0.2, 0.25) is 5.91 Å². The van der Waals surface area contributed by atoms with Crippen molar-refractivity contribution in [3.63, 3.8) is 0 Å². The molecule has 29 heavy (non-hydrogen) atoms. The maximum atomic E-state index is 13.1. The molecular weight excluding hydrogens is 368 g/mol. The van der Waals surface area contributed by atoms with Gasteiger partial charge >= 0.3 is 0 Å². The lowest BCUT2D eigenvalue weighted by atomic mass is 9.83. The lowest BCUT2D eigenvalue weighted by Gasteiger charge is -2.35. The van der Waals surface area contributed by atoms with Gasteiger partial charge in [-0.05, 0) is 43.7 Å². The average Bonchev–Trinajstić information content (AvgIpc) is 3.19. The second-order valence-electron chi connectivity index (χ2n) is 8.41. The number of rotatable bonds is 6. The first-order chi connectivity index (χ1) is 14.1. The number of likely N-dealkylation sites (tertiary alicyclic amines) is 2. The van der Waals surface area contributed by atoms with Crippen LogP contribution in [0.1, 0.15) is 43.4 Å². The van der Waals surface area contributed by atoms with Crippen LogP contribution in [0, 0.1) is 24.7 Å². The van der Waals surface area contributed by atoms with E-state index < -0.39 is 0 Å². The first-order valence-electron chi connectivity index (χ1n) is 10.8. The van der Waals surface area contributed by atoms with Gasteiger partial charge in [0.1, 0.15) is 0 Å². The Morgan fingerprint density at radius 3 is 2.59 bits per heavy atom. The zero-order valence-corrected chi connectivity index (χ0v) is 17.6. The van der Waals surface area contributed by atoms with Crippen molar-refractivity contribution in [2.75, 3.05) is 39.4 Å². The largest absolute Gasteiger partial charge is 0.483 e. The number of carbonyl (C=O) groups is 2. The minimum absolute atomic E-state index is 0.250. The molecule has 3 aliphatic rings. The monoisotopic (exact) mass is 402 g/mol. The fourth-order valence-corrected chi connectivity index (χ4v) is 5.09. The minimum atomic E-state index is -0.250. The van der Waals surface area contributed by atoms with Crippen LogP contribution in [0.2, 0.25) is 0 Å². The number of aryl methyl sites for hydroxylation is 1. The minimum Gasteiger partial charge on any atom is -0.483 e. The van der Waals surface area contributed by atoms with E-state index in [0.717, 1.165) is 52.2 Å². The highest BCUT2D eigenvalue weighted by atomic mass is 16.5. The molecule has 1 aliphatic carbocycles. The number of carboxylic acid groups (broad SMARTS) is 1. The Morgan fingerprint density at radius 1 is 1.24 bits per heavy atom. The van der Waals surface area contributed by atoms with Gasteiger partial charge < -0.3 is 19.6 Å². The maximum Gasteiger partial charge on any atom is 0.290 e. The van der Waals surface area contributed by atoms with Gasteiger partial charge in [0, 0.05) is 44.6 Å². The molecule has 2 saturated heterocycles. The van der Waals surface area contributed by atoms with Crippen molar-refractivity contribution in [2.45, 2.75) is 39.2 Å². The molecule has 6 heteroatoms. The molecule has 0 bridgehead atoms. The van der Waals surface area contributed by atoms with E-state index in [9.17, 15) is 4.79 Å². The Balaban J connectivity index is 0.000000755. The summed E-state index contributed by atoms with van der Waals surface area (Å²) in [5.41, 5.74) is 2.68.